The number of benzene rings is 2. The van der Waals surface area contributed by atoms with Crippen LogP contribution in [0.2, 0.25) is 0 Å². The van der Waals surface area contributed by atoms with Gasteiger partial charge in [-0.2, -0.15) is 0 Å². The van der Waals surface area contributed by atoms with Crippen LogP contribution in [-0.4, -0.2) is 46.5 Å². The van der Waals surface area contributed by atoms with Crippen molar-refractivity contribution in [3.8, 4) is 0 Å². The molecule has 9 heteroatoms. The highest BCUT2D eigenvalue weighted by Gasteiger charge is 2.37. The molecule has 2 amide bonds. The molecule has 0 bridgehead atoms. The molecular weight excluding hydrogens is 412 g/mol. The van der Waals surface area contributed by atoms with Crippen LogP contribution in [0.1, 0.15) is 42.0 Å². The van der Waals surface area contributed by atoms with Gasteiger partial charge in [0.2, 0.25) is 5.91 Å². The lowest BCUT2D eigenvalue weighted by atomic mass is 9.94. The lowest BCUT2D eigenvalue weighted by Gasteiger charge is -2.39. The molecule has 3 rings (SSSR count). The van der Waals surface area contributed by atoms with Gasteiger partial charge in [0.25, 0.3) is 0 Å². The van der Waals surface area contributed by atoms with Crippen LogP contribution in [0, 0.1) is 5.41 Å². The number of rotatable bonds is 9. The number of nitrogens with one attached hydrogen (secondary N) is 2. The molecule has 0 saturated carbocycles. The zero-order chi connectivity index (χ0) is 23.1. The maximum absolute atomic E-state index is 12.9. The van der Waals surface area contributed by atoms with Gasteiger partial charge in [-0.05, 0) is 11.1 Å². The van der Waals surface area contributed by atoms with Crippen molar-refractivity contribution in [2.24, 2.45) is 5.73 Å². The summed E-state index contributed by atoms with van der Waals surface area (Å²) in [5.74, 6) is -1.41. The van der Waals surface area contributed by atoms with Crippen molar-refractivity contribution in [2.45, 2.75) is 38.0 Å². The van der Waals surface area contributed by atoms with Gasteiger partial charge >= 0.3 is 12.1 Å². The van der Waals surface area contributed by atoms with E-state index in [1.165, 1.54) is 0 Å². The molecule has 0 aromatic heterocycles. The molecule has 5 N–H and O–H groups in total. The Labute approximate surface area is 185 Å². The molecule has 32 heavy (non-hydrogen) atoms. The topological polar surface area (TPSA) is 146 Å². The molecular formula is C23H26N4O5. The highest BCUT2D eigenvalue weighted by atomic mass is 16.6. The summed E-state index contributed by atoms with van der Waals surface area (Å²) in [6.45, 7) is 0.362. The Hall–Kier alpha value is -3.88. The number of nitrogen functional groups attached to an aromatic ring is 1. The number of carbonyl (C=O) groups is 3. The van der Waals surface area contributed by atoms with E-state index in [1.54, 1.807) is 17.0 Å². The van der Waals surface area contributed by atoms with E-state index in [4.69, 9.17) is 21.0 Å². The molecule has 9 nitrogen and oxygen atoms in total. The first-order valence-electron chi connectivity index (χ1n) is 10.3. The van der Waals surface area contributed by atoms with E-state index >= 15 is 0 Å². The summed E-state index contributed by atoms with van der Waals surface area (Å²) < 4.78 is 5.54. The maximum Gasteiger partial charge on any atom is 0.410 e. The van der Waals surface area contributed by atoms with Crippen LogP contribution < -0.4 is 11.1 Å². The molecule has 0 spiro atoms. The number of cyclic esters (lactones) is 1. The van der Waals surface area contributed by atoms with Gasteiger partial charge < -0.3 is 20.9 Å². The average Bonchev–Trinajstić information content (AvgIpc) is 2.76. The van der Waals surface area contributed by atoms with E-state index in [9.17, 15) is 14.4 Å². The highest BCUT2D eigenvalue weighted by molar-refractivity contribution is 5.94. The summed E-state index contributed by atoms with van der Waals surface area (Å²) >= 11 is 0. The summed E-state index contributed by atoms with van der Waals surface area (Å²) in [6.07, 6.45) is -0.996. The first kappa shape index (κ1) is 22.8. The van der Waals surface area contributed by atoms with Gasteiger partial charge in [-0.1, -0.05) is 54.6 Å². The van der Waals surface area contributed by atoms with Crippen LogP contribution >= 0.6 is 0 Å². The molecule has 0 aliphatic carbocycles. The quantitative estimate of drug-likeness (QED) is 0.349. The Bertz CT molecular complexity index is 978. The molecule has 2 aromatic carbocycles. The molecule has 168 valence electrons. The summed E-state index contributed by atoms with van der Waals surface area (Å²) in [4.78, 5) is 37.3. The van der Waals surface area contributed by atoms with Gasteiger partial charge in [-0.25, -0.2) is 4.79 Å². The third-order valence-corrected chi connectivity index (χ3v) is 5.24. The number of nitrogens with two attached hydrogens (primary N) is 1. The van der Waals surface area contributed by atoms with E-state index in [0.717, 1.165) is 11.1 Å². The number of amidine groups is 1. The van der Waals surface area contributed by atoms with Crippen LogP contribution in [-0.2, 0) is 20.9 Å². The van der Waals surface area contributed by atoms with E-state index in [1.807, 2.05) is 42.5 Å². The van der Waals surface area contributed by atoms with E-state index in [0.29, 0.717) is 18.5 Å². The van der Waals surface area contributed by atoms with Crippen molar-refractivity contribution < 1.29 is 24.2 Å². The Morgan fingerprint density at radius 2 is 1.84 bits per heavy atom. The van der Waals surface area contributed by atoms with Crippen LogP contribution in [0.3, 0.4) is 0 Å². The van der Waals surface area contributed by atoms with E-state index in [-0.39, 0.29) is 37.2 Å². The molecule has 1 aliphatic heterocycles. The van der Waals surface area contributed by atoms with Crippen molar-refractivity contribution in [2.75, 3.05) is 6.54 Å². The van der Waals surface area contributed by atoms with E-state index in [2.05, 4.69) is 5.32 Å². The van der Waals surface area contributed by atoms with Crippen LogP contribution in [0.4, 0.5) is 4.79 Å². The second-order valence-electron chi connectivity index (χ2n) is 7.60. The standard InChI is InChI=1S/C23H26N4O5/c24-22(25)17-8-6-16(7-9-17)19-12-18(13-20(28)26-11-10-21(29)30)32-23(31)27(19)14-15-4-2-1-3-5-15/h1-9,18-19H,10-14H2,(H3,24,25)(H,26,28)(H,29,30)/t18-,19+/m1/s1. The third-order valence-electron chi connectivity index (χ3n) is 5.24. The van der Waals surface area contributed by atoms with Crippen LogP contribution in [0.15, 0.2) is 54.6 Å². The van der Waals surface area contributed by atoms with Crippen molar-refractivity contribution in [3.63, 3.8) is 0 Å². The SMILES string of the molecule is N=C(N)c1ccc([C@@H]2C[C@H](CC(=O)NCCC(=O)O)OC(=O)N2Cc2ccccc2)cc1. The Morgan fingerprint density at radius 3 is 2.47 bits per heavy atom. The van der Waals surface area contributed by atoms with Gasteiger partial charge in [0.1, 0.15) is 11.9 Å². The molecule has 2 atom stereocenters. The van der Waals surface area contributed by atoms with Gasteiger partial charge in [0.05, 0.1) is 18.9 Å². The number of hydrogen-bond acceptors (Lipinski definition) is 5. The predicted octanol–water partition coefficient (Wildman–Crippen LogP) is 2.40. The van der Waals surface area contributed by atoms with Gasteiger partial charge in [0, 0.05) is 25.1 Å². The minimum absolute atomic E-state index is 0.0188. The van der Waals surface area contributed by atoms with E-state index < -0.39 is 18.2 Å². The average molecular weight is 438 g/mol. The normalized spacial score (nSPS) is 18.0. The fraction of sp³-hybridized carbons (Fsp3) is 0.304. The molecule has 0 radical (unpaired) electrons. The molecule has 1 aliphatic rings. The summed E-state index contributed by atoms with van der Waals surface area (Å²) in [6, 6.07) is 16.3. The van der Waals surface area contributed by atoms with Gasteiger partial charge in [-0.15, -0.1) is 0 Å². The predicted molar refractivity (Wildman–Crippen MR) is 117 cm³/mol. The van der Waals surface area contributed by atoms with Crippen molar-refractivity contribution in [1.29, 1.82) is 5.41 Å². The zero-order valence-corrected chi connectivity index (χ0v) is 17.5. The molecule has 0 unspecified atom stereocenters. The first-order valence-corrected chi connectivity index (χ1v) is 10.3. The van der Waals surface area contributed by atoms with Crippen LogP contribution in [0.25, 0.3) is 0 Å². The maximum atomic E-state index is 12.9. The summed E-state index contributed by atoms with van der Waals surface area (Å²) in [7, 11) is 0. The highest BCUT2D eigenvalue weighted by Crippen LogP contribution is 2.34. The number of nitrogens with zero attached hydrogens (tertiary/aromatic N) is 1. The molecule has 1 heterocycles. The number of carboxylic acid groups (broad SMARTS) is 1. The minimum Gasteiger partial charge on any atom is -0.481 e. The zero-order valence-electron chi connectivity index (χ0n) is 17.5. The molecule has 2 aromatic rings. The number of carbonyl (C=O) groups excluding carboxylic acids is 2. The number of aliphatic carboxylic acids is 1. The number of ether oxygens (including phenoxy) is 1. The first-order chi connectivity index (χ1) is 15.3. The third kappa shape index (κ3) is 6.07. The molecule has 1 fully saturated rings. The largest absolute Gasteiger partial charge is 0.481 e. The van der Waals surface area contributed by atoms with Crippen LogP contribution in [0.5, 0.6) is 0 Å². The minimum atomic E-state index is -1.000. The lowest BCUT2D eigenvalue weighted by Crippen LogP contribution is -2.45. The smallest absolute Gasteiger partial charge is 0.410 e. The number of amides is 2. The summed E-state index contributed by atoms with van der Waals surface area (Å²) in [5.41, 5.74) is 7.92. The number of carboxylic acids is 1. The van der Waals surface area contributed by atoms with Crippen molar-refractivity contribution in [3.05, 3.63) is 71.3 Å². The van der Waals surface area contributed by atoms with Crippen molar-refractivity contribution >= 4 is 23.8 Å². The Kier molecular flexibility index (Phi) is 7.43. The fourth-order valence-corrected chi connectivity index (χ4v) is 3.63. The second kappa shape index (κ2) is 10.4. The Morgan fingerprint density at radius 1 is 1.16 bits per heavy atom. The lowest BCUT2D eigenvalue weighted by molar-refractivity contribution is -0.136. The Balaban J connectivity index is 1.77. The monoisotopic (exact) mass is 438 g/mol. The second-order valence-corrected chi connectivity index (χ2v) is 7.60. The van der Waals surface area contributed by atoms with Crippen molar-refractivity contribution in [1.82, 2.24) is 10.2 Å². The van der Waals surface area contributed by atoms with Gasteiger partial charge in [-0.3, -0.25) is 19.9 Å². The summed E-state index contributed by atoms with van der Waals surface area (Å²) in [5, 5.41) is 18.8. The van der Waals surface area contributed by atoms with Gasteiger partial charge in [0.15, 0.2) is 0 Å². The molecule has 1 saturated heterocycles. The fourth-order valence-electron chi connectivity index (χ4n) is 3.63. The number of hydrogen-bond donors (Lipinski definition) is 4.